The van der Waals surface area contributed by atoms with Crippen LogP contribution < -0.4 is 4.90 Å². The first-order valence-electron chi connectivity index (χ1n) is 12.0. The number of hydrogen-bond donors (Lipinski definition) is 0. The lowest BCUT2D eigenvalue weighted by molar-refractivity contribution is 0.0306. The molecule has 3 nitrogen and oxygen atoms in total. The van der Waals surface area contributed by atoms with Gasteiger partial charge in [0.25, 0.3) is 0 Å². The van der Waals surface area contributed by atoms with E-state index in [0.29, 0.717) is 5.41 Å². The van der Waals surface area contributed by atoms with E-state index in [9.17, 15) is 0 Å². The molecule has 3 saturated heterocycles. The Morgan fingerprint density at radius 1 is 0.821 bits per heavy atom. The molecule has 3 heteroatoms. The summed E-state index contributed by atoms with van der Waals surface area (Å²) in [5.74, 6) is 0. The van der Waals surface area contributed by atoms with E-state index < -0.39 is 0 Å². The van der Waals surface area contributed by atoms with Crippen LogP contribution >= 0.6 is 0 Å². The lowest BCUT2D eigenvalue weighted by Gasteiger charge is -2.50. The first-order chi connectivity index (χ1) is 13.7. The van der Waals surface area contributed by atoms with Crippen molar-refractivity contribution >= 4 is 5.69 Å². The van der Waals surface area contributed by atoms with Crippen LogP contribution in [0.25, 0.3) is 0 Å². The monoisotopic (exact) mass is 381 g/mol. The Hall–Kier alpha value is -1.06. The number of likely N-dealkylation sites (tertiary alicyclic amines) is 2. The Morgan fingerprint density at radius 3 is 2.07 bits per heavy atom. The van der Waals surface area contributed by atoms with Gasteiger partial charge in [-0.3, -0.25) is 4.90 Å². The van der Waals surface area contributed by atoms with Crippen LogP contribution in [-0.2, 0) is 6.54 Å². The lowest BCUT2D eigenvalue weighted by atomic mass is 9.70. The Labute approximate surface area is 172 Å². The van der Waals surface area contributed by atoms with Gasteiger partial charge in [-0.05, 0) is 101 Å². The largest absolute Gasteiger partial charge is 0.371 e. The van der Waals surface area contributed by atoms with Gasteiger partial charge in [0.15, 0.2) is 0 Å². The van der Waals surface area contributed by atoms with Crippen LogP contribution in [0.5, 0.6) is 0 Å². The molecule has 1 atom stereocenters. The molecule has 4 fully saturated rings. The zero-order valence-electron chi connectivity index (χ0n) is 17.9. The summed E-state index contributed by atoms with van der Waals surface area (Å²) in [4.78, 5) is 8.09. The maximum absolute atomic E-state index is 2.81. The molecule has 28 heavy (non-hydrogen) atoms. The van der Waals surface area contributed by atoms with Crippen molar-refractivity contribution < 1.29 is 0 Å². The molecule has 1 spiro atoms. The molecule has 3 heterocycles. The van der Waals surface area contributed by atoms with Gasteiger partial charge < -0.3 is 9.80 Å². The van der Waals surface area contributed by atoms with E-state index in [4.69, 9.17) is 0 Å². The Kier molecular flexibility index (Phi) is 5.40. The highest BCUT2D eigenvalue weighted by atomic mass is 15.2. The molecule has 0 bridgehead atoms. The summed E-state index contributed by atoms with van der Waals surface area (Å²) in [6.45, 7) is 10.0. The summed E-state index contributed by atoms with van der Waals surface area (Å²) in [6, 6.07) is 11.2. The average Bonchev–Trinajstić information content (AvgIpc) is 3.08. The number of nitrogens with zero attached hydrogens (tertiary/aromatic N) is 3. The molecular weight excluding hydrogens is 342 g/mol. The van der Waals surface area contributed by atoms with Crippen molar-refractivity contribution in [2.75, 3.05) is 37.6 Å². The fourth-order valence-electron chi connectivity index (χ4n) is 6.13. The van der Waals surface area contributed by atoms with E-state index in [1.54, 1.807) is 0 Å². The zero-order valence-corrected chi connectivity index (χ0v) is 17.9. The van der Waals surface area contributed by atoms with Crippen LogP contribution in [0, 0.1) is 5.41 Å². The van der Waals surface area contributed by atoms with Gasteiger partial charge in [-0.15, -0.1) is 0 Å². The minimum atomic E-state index is 0.655. The topological polar surface area (TPSA) is 9.72 Å². The fourth-order valence-corrected chi connectivity index (χ4v) is 6.13. The van der Waals surface area contributed by atoms with E-state index in [2.05, 4.69) is 45.9 Å². The van der Waals surface area contributed by atoms with E-state index in [-0.39, 0.29) is 0 Å². The van der Waals surface area contributed by atoms with Crippen LogP contribution in [-0.4, -0.2) is 54.6 Å². The van der Waals surface area contributed by atoms with Gasteiger partial charge >= 0.3 is 0 Å². The predicted molar refractivity (Wildman–Crippen MR) is 118 cm³/mol. The molecule has 0 N–H and O–H groups in total. The molecule has 5 rings (SSSR count). The number of hydrogen-bond acceptors (Lipinski definition) is 3. The van der Waals surface area contributed by atoms with E-state index in [1.165, 1.54) is 102 Å². The van der Waals surface area contributed by atoms with Crippen LogP contribution in [0.1, 0.15) is 70.3 Å². The minimum absolute atomic E-state index is 0.655. The second-order valence-corrected chi connectivity index (χ2v) is 10.2. The summed E-state index contributed by atoms with van der Waals surface area (Å²) in [5, 5.41) is 0. The average molecular weight is 382 g/mol. The van der Waals surface area contributed by atoms with E-state index >= 15 is 0 Å². The molecule has 0 amide bonds. The summed E-state index contributed by atoms with van der Waals surface area (Å²) < 4.78 is 0. The Balaban J connectivity index is 1.12. The number of rotatable bonds is 4. The van der Waals surface area contributed by atoms with Gasteiger partial charge in [-0.1, -0.05) is 18.6 Å². The van der Waals surface area contributed by atoms with Crippen LogP contribution in [0.2, 0.25) is 0 Å². The Bertz CT molecular complexity index is 632. The molecule has 1 aromatic rings. The molecule has 1 aliphatic carbocycles. The van der Waals surface area contributed by atoms with Crippen LogP contribution in [0.15, 0.2) is 24.3 Å². The molecule has 1 unspecified atom stereocenters. The molecule has 1 aromatic carbocycles. The molecule has 3 aliphatic heterocycles. The van der Waals surface area contributed by atoms with Crippen molar-refractivity contribution in [2.24, 2.45) is 5.41 Å². The number of anilines is 1. The first kappa shape index (κ1) is 18.9. The van der Waals surface area contributed by atoms with Crippen molar-refractivity contribution in [2.45, 2.75) is 83.3 Å². The molecule has 154 valence electrons. The third-order valence-electron chi connectivity index (χ3n) is 8.65. The van der Waals surface area contributed by atoms with Crippen molar-refractivity contribution in [3.05, 3.63) is 29.8 Å². The third-order valence-corrected chi connectivity index (χ3v) is 8.65. The van der Waals surface area contributed by atoms with Crippen LogP contribution in [0.4, 0.5) is 5.69 Å². The van der Waals surface area contributed by atoms with Gasteiger partial charge in [-0.2, -0.15) is 0 Å². The highest BCUT2D eigenvalue weighted by molar-refractivity contribution is 5.48. The SMILES string of the molecule is CC1CCCN1Cc1ccc(N2CCC3(CC2)CCN(C2CCC2)CC3)cc1. The standard InChI is InChI=1S/C25H39N3/c1-21-4-3-15-28(21)20-22-7-9-24(10-8-22)27-18-13-25(14-19-27)11-16-26(17-12-25)23-5-2-6-23/h7-10,21,23H,2-6,11-20H2,1H3. The fraction of sp³-hybridized carbons (Fsp3) is 0.760. The normalized spacial score (nSPS) is 29.3. The molecule has 0 radical (unpaired) electrons. The second-order valence-electron chi connectivity index (χ2n) is 10.2. The van der Waals surface area contributed by atoms with Crippen molar-refractivity contribution in [1.82, 2.24) is 9.80 Å². The minimum Gasteiger partial charge on any atom is -0.371 e. The van der Waals surface area contributed by atoms with Crippen molar-refractivity contribution in [3.63, 3.8) is 0 Å². The highest BCUT2D eigenvalue weighted by Crippen LogP contribution is 2.43. The van der Waals surface area contributed by atoms with Gasteiger partial charge in [0.1, 0.15) is 0 Å². The van der Waals surface area contributed by atoms with Crippen LogP contribution in [0.3, 0.4) is 0 Å². The Morgan fingerprint density at radius 2 is 1.50 bits per heavy atom. The zero-order chi connectivity index (χ0) is 19.0. The van der Waals surface area contributed by atoms with Gasteiger partial charge in [-0.25, -0.2) is 0 Å². The summed E-state index contributed by atoms with van der Waals surface area (Å²) >= 11 is 0. The molecule has 4 aliphatic rings. The van der Waals surface area contributed by atoms with Gasteiger partial charge in [0.05, 0.1) is 0 Å². The summed E-state index contributed by atoms with van der Waals surface area (Å²) in [6.07, 6.45) is 12.8. The summed E-state index contributed by atoms with van der Waals surface area (Å²) in [5.41, 5.74) is 3.58. The quantitative estimate of drug-likeness (QED) is 0.734. The van der Waals surface area contributed by atoms with Gasteiger partial charge in [0, 0.05) is 37.4 Å². The molecule has 1 saturated carbocycles. The lowest BCUT2D eigenvalue weighted by Crippen LogP contribution is -2.50. The van der Waals surface area contributed by atoms with Crippen molar-refractivity contribution in [1.29, 1.82) is 0 Å². The van der Waals surface area contributed by atoms with E-state index in [1.807, 2.05) is 0 Å². The second kappa shape index (κ2) is 7.99. The summed E-state index contributed by atoms with van der Waals surface area (Å²) in [7, 11) is 0. The van der Waals surface area contributed by atoms with Gasteiger partial charge in [0.2, 0.25) is 0 Å². The maximum Gasteiger partial charge on any atom is 0.0366 e. The molecular formula is C25H39N3. The van der Waals surface area contributed by atoms with E-state index in [0.717, 1.165) is 18.6 Å². The first-order valence-corrected chi connectivity index (χ1v) is 12.0. The third kappa shape index (κ3) is 3.85. The molecule has 0 aromatic heterocycles. The number of piperidine rings is 2. The van der Waals surface area contributed by atoms with Crippen molar-refractivity contribution in [3.8, 4) is 0 Å². The maximum atomic E-state index is 2.81. The smallest absolute Gasteiger partial charge is 0.0366 e. The highest BCUT2D eigenvalue weighted by Gasteiger charge is 2.39. The number of benzene rings is 1. The predicted octanol–water partition coefficient (Wildman–Crippen LogP) is 4.91.